The lowest BCUT2D eigenvalue weighted by molar-refractivity contribution is 0.298. The molecule has 3 heteroatoms. The van der Waals surface area contributed by atoms with Crippen LogP contribution in [0.1, 0.15) is 41.0 Å². The van der Waals surface area contributed by atoms with Crippen LogP contribution >= 0.6 is 0 Å². The smallest absolute Gasteiger partial charge is 0.0464 e. The second-order valence-electron chi connectivity index (χ2n) is 5.65. The van der Waals surface area contributed by atoms with Crippen molar-refractivity contribution in [2.24, 2.45) is 10.9 Å². The summed E-state index contributed by atoms with van der Waals surface area (Å²) in [5, 5.41) is 3.41. The van der Waals surface area contributed by atoms with E-state index in [-0.39, 0.29) is 0 Å². The van der Waals surface area contributed by atoms with Crippen LogP contribution in [0.5, 0.6) is 0 Å². The van der Waals surface area contributed by atoms with Crippen LogP contribution in [0.3, 0.4) is 0 Å². The van der Waals surface area contributed by atoms with E-state index in [2.05, 4.69) is 62.5 Å². The summed E-state index contributed by atoms with van der Waals surface area (Å²) >= 11 is 0. The van der Waals surface area contributed by atoms with E-state index in [0.29, 0.717) is 5.92 Å². The molecule has 21 heavy (non-hydrogen) atoms. The summed E-state index contributed by atoms with van der Waals surface area (Å²) in [5.41, 5.74) is 5.10. The monoisotopic (exact) mass is 289 g/mol. The predicted octanol–water partition coefficient (Wildman–Crippen LogP) is 3.76. The largest absolute Gasteiger partial charge is 0.372 e. The molecule has 0 aromatic rings. The number of hydrogen-bond donors (Lipinski definition) is 1. The molecule has 0 bridgehead atoms. The number of allylic oxidation sites excluding steroid dienone is 4. The van der Waals surface area contributed by atoms with Crippen molar-refractivity contribution in [1.82, 2.24) is 10.2 Å². The summed E-state index contributed by atoms with van der Waals surface area (Å²) in [5.74, 6) is 0.540. The minimum absolute atomic E-state index is 0.540. The fraction of sp³-hybridized carbons (Fsp3) is 0.611. The van der Waals surface area contributed by atoms with Crippen molar-refractivity contribution >= 4 is 5.71 Å². The van der Waals surface area contributed by atoms with E-state index in [1.54, 1.807) is 6.20 Å². The lowest BCUT2D eigenvalue weighted by Crippen LogP contribution is -2.43. The quantitative estimate of drug-likeness (QED) is 0.595. The zero-order chi connectivity index (χ0) is 15.8. The number of rotatable bonds is 6. The fourth-order valence-electron chi connectivity index (χ4n) is 2.93. The van der Waals surface area contributed by atoms with Gasteiger partial charge in [-0.25, -0.2) is 0 Å². The fourth-order valence-corrected chi connectivity index (χ4v) is 2.93. The van der Waals surface area contributed by atoms with Gasteiger partial charge in [0.15, 0.2) is 0 Å². The van der Waals surface area contributed by atoms with Crippen LogP contribution in [0, 0.1) is 5.92 Å². The highest BCUT2D eigenvalue weighted by molar-refractivity contribution is 6.03. The van der Waals surface area contributed by atoms with E-state index < -0.39 is 0 Å². The van der Waals surface area contributed by atoms with Crippen molar-refractivity contribution in [1.29, 1.82) is 0 Å². The van der Waals surface area contributed by atoms with Crippen molar-refractivity contribution in [2.75, 3.05) is 26.2 Å². The third-order valence-electron chi connectivity index (χ3n) is 4.34. The third kappa shape index (κ3) is 4.57. The highest BCUT2D eigenvalue weighted by Crippen LogP contribution is 2.28. The molecule has 118 valence electrons. The van der Waals surface area contributed by atoms with E-state index in [4.69, 9.17) is 0 Å². The van der Waals surface area contributed by atoms with E-state index in [0.717, 1.165) is 38.3 Å². The summed E-state index contributed by atoms with van der Waals surface area (Å²) in [6, 6.07) is 0. The molecule has 1 heterocycles. The average molecular weight is 289 g/mol. The second-order valence-corrected chi connectivity index (χ2v) is 5.65. The van der Waals surface area contributed by atoms with Gasteiger partial charge >= 0.3 is 0 Å². The number of nitrogens with one attached hydrogen (secondary N) is 1. The zero-order valence-electron chi connectivity index (χ0n) is 14.4. The first kappa shape index (κ1) is 17.7. The summed E-state index contributed by atoms with van der Waals surface area (Å²) in [6.07, 6.45) is 5.03. The second kappa shape index (κ2) is 8.83. The first-order chi connectivity index (χ1) is 10.1. The van der Waals surface area contributed by atoms with Gasteiger partial charge in [-0.15, -0.1) is 0 Å². The van der Waals surface area contributed by atoms with E-state index in [9.17, 15) is 0 Å². The molecule has 0 saturated carbocycles. The molecular formula is C18H31N3. The predicted molar refractivity (Wildman–Crippen MR) is 93.7 cm³/mol. The van der Waals surface area contributed by atoms with Crippen LogP contribution in [0.2, 0.25) is 0 Å². The molecule has 1 aliphatic heterocycles. The van der Waals surface area contributed by atoms with Gasteiger partial charge in [-0.1, -0.05) is 26.5 Å². The van der Waals surface area contributed by atoms with E-state index in [1.807, 2.05) is 0 Å². The SMILES string of the molecule is C=CN=C(C)C(/C(=C\C)C(C)CC)=C(\C)N1CCNCC1. The molecule has 1 unspecified atom stereocenters. The molecule has 0 aromatic heterocycles. The van der Waals surface area contributed by atoms with Gasteiger partial charge in [0.05, 0.1) is 0 Å². The Kier molecular flexibility index (Phi) is 7.44. The van der Waals surface area contributed by atoms with Gasteiger partial charge in [-0.2, -0.15) is 0 Å². The Morgan fingerprint density at radius 3 is 2.43 bits per heavy atom. The van der Waals surface area contributed by atoms with E-state index >= 15 is 0 Å². The molecule has 0 amide bonds. The Balaban J connectivity index is 3.29. The van der Waals surface area contributed by atoms with Crippen LogP contribution in [0.4, 0.5) is 0 Å². The number of nitrogens with zero attached hydrogens (tertiary/aromatic N) is 2. The van der Waals surface area contributed by atoms with Crippen LogP contribution in [-0.2, 0) is 0 Å². The number of hydrogen-bond acceptors (Lipinski definition) is 3. The lowest BCUT2D eigenvalue weighted by atomic mass is 9.87. The van der Waals surface area contributed by atoms with Crippen molar-refractivity contribution in [2.45, 2.75) is 41.0 Å². The van der Waals surface area contributed by atoms with Gasteiger partial charge in [0.1, 0.15) is 0 Å². The normalized spacial score (nSPS) is 20.1. The minimum Gasteiger partial charge on any atom is -0.372 e. The Morgan fingerprint density at radius 1 is 1.33 bits per heavy atom. The molecule has 0 spiro atoms. The Morgan fingerprint density at radius 2 is 1.95 bits per heavy atom. The van der Waals surface area contributed by atoms with Crippen molar-refractivity contribution in [3.8, 4) is 0 Å². The van der Waals surface area contributed by atoms with Gasteiger partial charge < -0.3 is 10.2 Å². The Labute approximate surface area is 130 Å². The zero-order valence-corrected chi connectivity index (χ0v) is 14.4. The molecule has 1 fully saturated rings. The highest BCUT2D eigenvalue weighted by atomic mass is 15.2. The van der Waals surface area contributed by atoms with Crippen LogP contribution in [0.25, 0.3) is 0 Å². The van der Waals surface area contributed by atoms with Gasteiger partial charge in [0.25, 0.3) is 0 Å². The molecule has 1 atom stereocenters. The summed E-state index contributed by atoms with van der Waals surface area (Å²) in [6.45, 7) is 19.0. The van der Waals surface area contributed by atoms with Gasteiger partial charge in [-0.3, -0.25) is 4.99 Å². The minimum atomic E-state index is 0.540. The van der Waals surface area contributed by atoms with Crippen molar-refractivity contribution in [3.63, 3.8) is 0 Å². The van der Waals surface area contributed by atoms with Crippen LogP contribution in [-0.4, -0.2) is 36.8 Å². The Bertz CT molecular complexity index is 437. The molecule has 3 nitrogen and oxygen atoms in total. The maximum atomic E-state index is 4.47. The standard InChI is InChI=1S/C18H31N3/c1-7-14(4)17(8-2)18(15(5)20-9-3)16(6)21-12-10-19-11-13-21/h8-9,14,19H,3,7,10-13H2,1-2,4-6H3/b17-8-,18-16-,20-15?. The van der Waals surface area contributed by atoms with Gasteiger partial charge in [-0.05, 0) is 38.7 Å². The highest BCUT2D eigenvalue weighted by Gasteiger charge is 2.20. The molecule has 1 saturated heterocycles. The lowest BCUT2D eigenvalue weighted by Gasteiger charge is -2.33. The molecular weight excluding hydrogens is 258 g/mol. The molecule has 1 N–H and O–H groups in total. The van der Waals surface area contributed by atoms with Crippen molar-refractivity contribution in [3.05, 3.63) is 35.7 Å². The Hall–Kier alpha value is -1.35. The number of aliphatic imine (C=N–C) groups is 1. The molecule has 0 aromatic carbocycles. The molecule has 1 rings (SSSR count). The van der Waals surface area contributed by atoms with E-state index in [1.165, 1.54) is 16.8 Å². The third-order valence-corrected chi connectivity index (χ3v) is 4.34. The molecule has 0 radical (unpaired) electrons. The molecule has 0 aliphatic carbocycles. The molecule has 1 aliphatic rings. The first-order valence-electron chi connectivity index (χ1n) is 8.05. The van der Waals surface area contributed by atoms with Gasteiger partial charge in [0.2, 0.25) is 0 Å². The summed E-state index contributed by atoms with van der Waals surface area (Å²) in [4.78, 5) is 6.94. The topological polar surface area (TPSA) is 27.6 Å². The average Bonchev–Trinajstić information content (AvgIpc) is 2.52. The maximum Gasteiger partial charge on any atom is 0.0464 e. The first-order valence-corrected chi connectivity index (χ1v) is 8.05. The van der Waals surface area contributed by atoms with Crippen molar-refractivity contribution < 1.29 is 0 Å². The summed E-state index contributed by atoms with van der Waals surface area (Å²) < 4.78 is 0. The maximum absolute atomic E-state index is 4.47. The van der Waals surface area contributed by atoms with Crippen LogP contribution < -0.4 is 5.32 Å². The van der Waals surface area contributed by atoms with Crippen LogP contribution in [0.15, 0.2) is 40.7 Å². The summed E-state index contributed by atoms with van der Waals surface area (Å²) in [7, 11) is 0. The number of piperazine rings is 1. The van der Waals surface area contributed by atoms with Gasteiger partial charge in [0, 0.05) is 49.4 Å².